The van der Waals surface area contributed by atoms with Gasteiger partial charge in [0.25, 0.3) is 0 Å². The molecule has 0 aliphatic rings. The quantitative estimate of drug-likeness (QED) is 0.201. The highest BCUT2D eigenvalue weighted by Gasteiger charge is 2.20. The van der Waals surface area contributed by atoms with E-state index >= 15 is 0 Å². The van der Waals surface area contributed by atoms with Crippen LogP contribution in [0.5, 0.6) is 0 Å². The van der Waals surface area contributed by atoms with Crippen LogP contribution in [0.2, 0.25) is 0 Å². The van der Waals surface area contributed by atoms with E-state index in [2.05, 4.69) is 100.0 Å². The van der Waals surface area contributed by atoms with Crippen LogP contribution in [0.25, 0.3) is 87.9 Å². The standard InChI is InChI=1S/C36H20N4O/c1-2-9-21(10-3-1)39-31-19-28-24(23-12-8-16-37-35(23)40-30-14-6-5-13-29(30)38-36(28)40)17-25(31)26-18-27-22-11-4-7-15-33(22)41-34(27)20-32(26)39/h1-20H. The average molecular weight is 525 g/mol. The summed E-state index contributed by atoms with van der Waals surface area (Å²) in [5.41, 5.74) is 8.99. The number of aromatic nitrogens is 4. The molecule has 0 fully saturated rings. The van der Waals surface area contributed by atoms with Gasteiger partial charge in [0.2, 0.25) is 0 Å². The fourth-order valence-electron chi connectivity index (χ4n) is 6.75. The Bertz CT molecular complexity index is 2690. The molecule has 10 aromatic rings. The van der Waals surface area contributed by atoms with E-state index in [0.717, 1.165) is 77.1 Å². The number of imidazole rings is 1. The van der Waals surface area contributed by atoms with Gasteiger partial charge in [-0.25, -0.2) is 9.97 Å². The molecule has 41 heavy (non-hydrogen) atoms. The summed E-state index contributed by atoms with van der Waals surface area (Å²) in [6, 6.07) is 40.5. The Morgan fingerprint density at radius 1 is 0.488 bits per heavy atom. The number of pyridine rings is 2. The average Bonchev–Trinajstić information content (AvgIpc) is 3.69. The van der Waals surface area contributed by atoms with Crippen molar-refractivity contribution in [2.75, 3.05) is 0 Å². The molecule has 5 nitrogen and oxygen atoms in total. The first-order chi connectivity index (χ1) is 20.3. The number of hydrogen-bond donors (Lipinski definition) is 0. The van der Waals surface area contributed by atoms with Crippen LogP contribution in [0.15, 0.2) is 126 Å². The van der Waals surface area contributed by atoms with Crippen molar-refractivity contribution < 1.29 is 4.42 Å². The van der Waals surface area contributed by atoms with Gasteiger partial charge in [-0.1, -0.05) is 48.5 Å². The van der Waals surface area contributed by atoms with Gasteiger partial charge in [-0.15, -0.1) is 0 Å². The molecule has 0 saturated heterocycles. The Labute approximate surface area is 232 Å². The van der Waals surface area contributed by atoms with E-state index in [0.29, 0.717) is 0 Å². The first-order valence-electron chi connectivity index (χ1n) is 13.8. The van der Waals surface area contributed by atoms with Gasteiger partial charge in [-0.3, -0.25) is 4.40 Å². The zero-order valence-corrected chi connectivity index (χ0v) is 21.7. The third kappa shape index (κ3) is 2.70. The second-order valence-electron chi connectivity index (χ2n) is 10.7. The Balaban J connectivity index is 1.47. The molecule has 5 aromatic heterocycles. The van der Waals surface area contributed by atoms with Crippen LogP contribution in [-0.4, -0.2) is 18.9 Å². The molecule has 0 N–H and O–H groups in total. The van der Waals surface area contributed by atoms with Gasteiger partial charge in [-0.2, -0.15) is 0 Å². The molecular formula is C36H20N4O. The molecule has 0 bridgehead atoms. The fourth-order valence-corrected chi connectivity index (χ4v) is 6.75. The zero-order valence-electron chi connectivity index (χ0n) is 21.7. The molecule has 5 aromatic carbocycles. The van der Waals surface area contributed by atoms with Crippen LogP contribution >= 0.6 is 0 Å². The predicted octanol–water partition coefficient (Wildman–Crippen LogP) is 9.19. The Kier molecular flexibility index (Phi) is 3.87. The van der Waals surface area contributed by atoms with Gasteiger partial charge < -0.3 is 8.98 Å². The summed E-state index contributed by atoms with van der Waals surface area (Å²) in [7, 11) is 0. The van der Waals surface area contributed by atoms with Crippen LogP contribution in [0.1, 0.15) is 0 Å². The molecule has 0 atom stereocenters. The van der Waals surface area contributed by atoms with Crippen molar-refractivity contribution in [2.24, 2.45) is 0 Å². The molecule has 0 amide bonds. The number of rotatable bonds is 1. The monoisotopic (exact) mass is 524 g/mol. The summed E-state index contributed by atoms with van der Waals surface area (Å²) in [6.45, 7) is 0. The first-order valence-corrected chi connectivity index (χ1v) is 13.8. The van der Waals surface area contributed by atoms with E-state index in [-0.39, 0.29) is 0 Å². The maximum atomic E-state index is 6.34. The van der Waals surface area contributed by atoms with Crippen molar-refractivity contribution in [3.63, 3.8) is 0 Å². The van der Waals surface area contributed by atoms with E-state index in [1.165, 1.54) is 10.8 Å². The summed E-state index contributed by atoms with van der Waals surface area (Å²) in [6.07, 6.45) is 1.86. The maximum Gasteiger partial charge on any atom is 0.147 e. The molecular weight excluding hydrogens is 504 g/mol. The highest BCUT2D eigenvalue weighted by atomic mass is 16.3. The molecule has 0 saturated carbocycles. The summed E-state index contributed by atoms with van der Waals surface area (Å²) in [5, 5.41) is 7.99. The van der Waals surface area contributed by atoms with Crippen molar-refractivity contribution >= 4 is 82.2 Å². The molecule has 190 valence electrons. The highest BCUT2D eigenvalue weighted by molar-refractivity contribution is 6.23. The lowest BCUT2D eigenvalue weighted by atomic mass is 10.0. The predicted molar refractivity (Wildman–Crippen MR) is 167 cm³/mol. The molecule has 10 rings (SSSR count). The largest absolute Gasteiger partial charge is 0.456 e. The topological polar surface area (TPSA) is 48.3 Å². The SMILES string of the molecule is c1ccc(-n2c3cc4oc5ccccc5c4cc3c3cc4c5cccnc5n5c6ccccc6nc5c4cc32)cc1. The molecule has 5 heterocycles. The summed E-state index contributed by atoms with van der Waals surface area (Å²) < 4.78 is 10.9. The molecule has 0 radical (unpaired) electrons. The molecule has 0 unspecified atom stereocenters. The third-order valence-corrected chi connectivity index (χ3v) is 8.51. The number of furan rings is 1. The van der Waals surface area contributed by atoms with Crippen LogP contribution in [0.4, 0.5) is 0 Å². The van der Waals surface area contributed by atoms with Crippen LogP contribution < -0.4 is 0 Å². The second-order valence-corrected chi connectivity index (χ2v) is 10.7. The molecule has 0 aliphatic carbocycles. The van der Waals surface area contributed by atoms with Crippen LogP contribution in [-0.2, 0) is 0 Å². The van der Waals surface area contributed by atoms with Crippen molar-refractivity contribution in [3.8, 4) is 5.69 Å². The van der Waals surface area contributed by atoms with E-state index in [1.807, 2.05) is 30.5 Å². The fraction of sp³-hybridized carbons (Fsp3) is 0. The minimum Gasteiger partial charge on any atom is -0.456 e. The Hall–Kier alpha value is -5.68. The Morgan fingerprint density at radius 2 is 1.24 bits per heavy atom. The van der Waals surface area contributed by atoms with Gasteiger partial charge in [0.1, 0.15) is 22.5 Å². The lowest BCUT2D eigenvalue weighted by molar-refractivity contribution is 0.669. The van der Waals surface area contributed by atoms with Crippen molar-refractivity contribution in [3.05, 3.63) is 121 Å². The normalized spacial score (nSPS) is 12.4. The van der Waals surface area contributed by atoms with Crippen LogP contribution in [0.3, 0.4) is 0 Å². The molecule has 0 aliphatic heterocycles. The zero-order chi connectivity index (χ0) is 26.7. The summed E-state index contributed by atoms with van der Waals surface area (Å²) in [5.74, 6) is 0. The van der Waals surface area contributed by atoms with E-state index in [4.69, 9.17) is 14.4 Å². The second kappa shape index (κ2) is 7.49. The number of benzene rings is 5. The van der Waals surface area contributed by atoms with Gasteiger partial charge in [0, 0.05) is 50.3 Å². The van der Waals surface area contributed by atoms with Crippen molar-refractivity contribution in [1.82, 2.24) is 18.9 Å². The highest BCUT2D eigenvalue weighted by Crippen LogP contribution is 2.41. The van der Waals surface area contributed by atoms with Crippen molar-refractivity contribution in [1.29, 1.82) is 0 Å². The smallest absolute Gasteiger partial charge is 0.147 e. The van der Waals surface area contributed by atoms with Gasteiger partial charge in [-0.05, 0) is 66.0 Å². The number of hydrogen-bond acceptors (Lipinski definition) is 3. The summed E-state index contributed by atoms with van der Waals surface area (Å²) in [4.78, 5) is 9.98. The van der Waals surface area contributed by atoms with Crippen LogP contribution in [0, 0.1) is 0 Å². The summed E-state index contributed by atoms with van der Waals surface area (Å²) >= 11 is 0. The van der Waals surface area contributed by atoms with E-state index < -0.39 is 0 Å². The maximum absolute atomic E-state index is 6.34. The van der Waals surface area contributed by atoms with Crippen molar-refractivity contribution in [2.45, 2.75) is 0 Å². The van der Waals surface area contributed by atoms with E-state index in [1.54, 1.807) is 0 Å². The van der Waals surface area contributed by atoms with Gasteiger partial charge in [0.15, 0.2) is 0 Å². The van der Waals surface area contributed by atoms with E-state index in [9.17, 15) is 0 Å². The third-order valence-electron chi connectivity index (χ3n) is 8.51. The number of fused-ring (bicyclic) bond motifs is 14. The minimum absolute atomic E-state index is 0.889. The minimum atomic E-state index is 0.889. The number of para-hydroxylation sites is 4. The van der Waals surface area contributed by atoms with Gasteiger partial charge in [0.05, 0.1) is 22.1 Å². The Morgan fingerprint density at radius 3 is 2.17 bits per heavy atom. The molecule has 5 heteroatoms. The molecule has 0 spiro atoms. The van der Waals surface area contributed by atoms with Gasteiger partial charge >= 0.3 is 0 Å². The lowest BCUT2D eigenvalue weighted by Gasteiger charge is -2.10. The first kappa shape index (κ1) is 21.2. The number of nitrogens with zero attached hydrogens (tertiary/aromatic N) is 4. The lowest BCUT2D eigenvalue weighted by Crippen LogP contribution is -1.95.